The van der Waals surface area contributed by atoms with E-state index in [0.717, 1.165) is 38.5 Å². The molecule has 5 nitrogen and oxygen atoms in total. The fraction of sp³-hybridized carbons (Fsp3) is 1.00. The second-order valence-corrected chi connectivity index (χ2v) is 8.53. The molecule has 0 aromatic rings. The van der Waals surface area contributed by atoms with Gasteiger partial charge in [-0.15, -0.1) is 0 Å². The highest BCUT2D eigenvalue weighted by Gasteiger charge is 2.35. The fourth-order valence-electron chi connectivity index (χ4n) is 2.83. The van der Waals surface area contributed by atoms with Crippen LogP contribution in [0, 0.1) is 5.41 Å². The second kappa shape index (κ2) is 10.0. The molecule has 0 unspecified atom stereocenters. The van der Waals surface area contributed by atoms with Crippen molar-refractivity contribution >= 4 is 19.7 Å². The summed E-state index contributed by atoms with van der Waals surface area (Å²) < 4.78 is 38.9. The number of halogens is 1. The van der Waals surface area contributed by atoms with Crippen molar-refractivity contribution in [3.8, 4) is 0 Å². The Bertz CT molecular complexity index is 364. The molecule has 0 aromatic heterocycles. The van der Waals surface area contributed by atoms with Crippen molar-refractivity contribution in [3.05, 3.63) is 0 Å². The summed E-state index contributed by atoms with van der Waals surface area (Å²) in [7, 11) is 3.60. The number of hydrogen-bond donors (Lipinski definition) is 0. The van der Waals surface area contributed by atoms with Crippen LogP contribution < -0.4 is 0 Å². The first kappa shape index (κ1) is 19.2. The Morgan fingerprint density at radius 3 is 2.10 bits per heavy atom. The lowest BCUT2D eigenvalue weighted by Crippen LogP contribution is -2.33. The van der Waals surface area contributed by atoms with Gasteiger partial charge in [0.05, 0.1) is 38.8 Å². The molecule has 0 aliphatic heterocycles. The minimum atomic E-state index is -3.51. The van der Waals surface area contributed by atoms with Crippen molar-refractivity contribution in [2.75, 3.05) is 45.9 Å². The molecule has 126 valence electrons. The Morgan fingerprint density at radius 1 is 0.952 bits per heavy atom. The van der Waals surface area contributed by atoms with Crippen molar-refractivity contribution in [3.63, 3.8) is 0 Å². The summed E-state index contributed by atoms with van der Waals surface area (Å²) >= 11 is 0. The highest BCUT2D eigenvalue weighted by molar-refractivity contribution is 8.13. The van der Waals surface area contributed by atoms with E-state index in [-0.39, 0.29) is 11.2 Å². The number of ether oxygens (including phenoxy) is 3. The molecule has 0 atom stereocenters. The van der Waals surface area contributed by atoms with Gasteiger partial charge in [0.25, 0.3) is 0 Å². The van der Waals surface area contributed by atoms with Gasteiger partial charge < -0.3 is 14.2 Å². The van der Waals surface area contributed by atoms with Crippen molar-refractivity contribution in [2.45, 2.75) is 38.5 Å². The normalized spacial score (nSPS) is 19.3. The molecule has 7 heteroatoms. The molecule has 1 fully saturated rings. The Kier molecular flexibility index (Phi) is 9.13. The van der Waals surface area contributed by atoms with Gasteiger partial charge in [0, 0.05) is 23.2 Å². The average Bonchev–Trinajstić information content (AvgIpc) is 2.62. The van der Waals surface area contributed by atoms with Gasteiger partial charge in [-0.1, -0.05) is 25.7 Å². The van der Waals surface area contributed by atoms with E-state index < -0.39 is 9.05 Å². The third-order valence-corrected chi connectivity index (χ3v) is 5.14. The molecule has 0 saturated heterocycles. The third kappa shape index (κ3) is 8.98. The highest BCUT2D eigenvalue weighted by atomic mass is 35.7. The van der Waals surface area contributed by atoms with Crippen LogP contribution in [0.2, 0.25) is 0 Å². The maximum absolute atomic E-state index is 11.5. The van der Waals surface area contributed by atoms with E-state index in [4.69, 9.17) is 24.9 Å². The minimum Gasteiger partial charge on any atom is -0.382 e. The molecule has 1 aliphatic carbocycles. The monoisotopic (exact) mass is 342 g/mol. The van der Waals surface area contributed by atoms with Crippen LogP contribution in [0.4, 0.5) is 0 Å². The Hall–Kier alpha value is 0.120. The summed E-state index contributed by atoms with van der Waals surface area (Å²) in [5, 5.41) is 0. The highest BCUT2D eigenvalue weighted by Crippen LogP contribution is 2.37. The van der Waals surface area contributed by atoms with Crippen molar-refractivity contribution in [1.82, 2.24) is 0 Å². The van der Waals surface area contributed by atoms with E-state index in [2.05, 4.69) is 0 Å². The molecule has 1 saturated carbocycles. The number of rotatable bonds is 10. The molecule has 0 heterocycles. The standard InChI is InChI=1S/C14H27ClO5S/c1-18-8-9-19-10-11-20-12-14(13-21(15,16)17)6-4-2-3-5-7-14/h2-13H2,1H3. The van der Waals surface area contributed by atoms with E-state index in [1.165, 1.54) is 0 Å². The zero-order valence-corrected chi connectivity index (χ0v) is 14.4. The molecule has 0 radical (unpaired) electrons. The number of hydrogen-bond acceptors (Lipinski definition) is 5. The van der Waals surface area contributed by atoms with Crippen molar-refractivity contribution in [1.29, 1.82) is 0 Å². The van der Waals surface area contributed by atoms with Crippen LogP contribution >= 0.6 is 10.7 Å². The first-order valence-electron chi connectivity index (χ1n) is 7.54. The molecular formula is C14H27ClO5S. The van der Waals surface area contributed by atoms with Crippen LogP contribution in [0.25, 0.3) is 0 Å². The molecular weight excluding hydrogens is 316 g/mol. The molecule has 0 spiro atoms. The summed E-state index contributed by atoms with van der Waals surface area (Å²) in [6.45, 7) is 2.50. The third-order valence-electron chi connectivity index (χ3n) is 3.85. The molecule has 0 N–H and O–H groups in total. The summed E-state index contributed by atoms with van der Waals surface area (Å²) in [5.74, 6) is 0.00604. The molecule has 0 aromatic carbocycles. The van der Waals surface area contributed by atoms with Gasteiger partial charge >= 0.3 is 0 Å². The minimum absolute atomic E-state index is 0.00604. The van der Waals surface area contributed by atoms with E-state index in [1.807, 2.05) is 0 Å². The van der Waals surface area contributed by atoms with Crippen molar-refractivity contribution < 1.29 is 22.6 Å². The molecule has 21 heavy (non-hydrogen) atoms. The quantitative estimate of drug-likeness (QED) is 0.347. The Labute approximate surface area is 132 Å². The van der Waals surface area contributed by atoms with Crippen LogP contribution in [-0.2, 0) is 23.3 Å². The summed E-state index contributed by atoms with van der Waals surface area (Å²) in [4.78, 5) is 0. The first-order valence-corrected chi connectivity index (χ1v) is 10.0. The summed E-state index contributed by atoms with van der Waals surface area (Å²) in [6, 6.07) is 0. The van der Waals surface area contributed by atoms with Gasteiger partial charge in [-0.2, -0.15) is 0 Å². The smallest absolute Gasteiger partial charge is 0.233 e. The zero-order valence-electron chi connectivity index (χ0n) is 12.8. The number of methoxy groups -OCH3 is 1. The maximum atomic E-state index is 11.5. The van der Waals surface area contributed by atoms with E-state index in [0.29, 0.717) is 33.0 Å². The fourth-order valence-corrected chi connectivity index (χ4v) is 4.62. The predicted molar refractivity (Wildman–Crippen MR) is 83.3 cm³/mol. The maximum Gasteiger partial charge on any atom is 0.233 e. The van der Waals surface area contributed by atoms with Crippen LogP contribution in [0.1, 0.15) is 38.5 Å². The molecule has 1 rings (SSSR count). The SMILES string of the molecule is COCCOCCOCC1(CS(=O)(=O)Cl)CCCCCC1. The predicted octanol–water partition coefficient (Wildman–Crippen LogP) is 2.58. The van der Waals surface area contributed by atoms with Crippen molar-refractivity contribution in [2.24, 2.45) is 5.41 Å². The van der Waals surface area contributed by atoms with Crippen LogP contribution in [0.15, 0.2) is 0 Å². The second-order valence-electron chi connectivity index (χ2n) is 5.76. The summed E-state index contributed by atoms with van der Waals surface area (Å²) in [5.41, 5.74) is -0.330. The molecule has 0 amide bonds. The lowest BCUT2D eigenvalue weighted by Gasteiger charge is -2.31. The zero-order chi connectivity index (χ0) is 15.6. The topological polar surface area (TPSA) is 61.8 Å². The van der Waals surface area contributed by atoms with Gasteiger partial charge in [-0.05, 0) is 12.8 Å². The lowest BCUT2D eigenvalue weighted by atomic mass is 9.83. The van der Waals surface area contributed by atoms with Crippen LogP contribution in [0.3, 0.4) is 0 Å². The molecule has 1 aliphatic rings. The van der Waals surface area contributed by atoms with Gasteiger partial charge in [0.2, 0.25) is 9.05 Å². The lowest BCUT2D eigenvalue weighted by molar-refractivity contribution is -0.00411. The Morgan fingerprint density at radius 2 is 1.52 bits per heavy atom. The van der Waals surface area contributed by atoms with E-state index in [9.17, 15) is 8.42 Å². The van der Waals surface area contributed by atoms with Gasteiger partial charge in [0.15, 0.2) is 0 Å². The van der Waals surface area contributed by atoms with E-state index >= 15 is 0 Å². The first-order chi connectivity index (χ1) is 9.97. The van der Waals surface area contributed by atoms with Crippen LogP contribution in [-0.4, -0.2) is 54.3 Å². The summed E-state index contributed by atoms with van der Waals surface area (Å²) in [6.07, 6.45) is 6.13. The van der Waals surface area contributed by atoms with Gasteiger partial charge in [-0.3, -0.25) is 0 Å². The molecule has 0 bridgehead atoms. The largest absolute Gasteiger partial charge is 0.382 e. The van der Waals surface area contributed by atoms with Gasteiger partial charge in [0.1, 0.15) is 0 Å². The van der Waals surface area contributed by atoms with Crippen LogP contribution in [0.5, 0.6) is 0 Å². The average molecular weight is 343 g/mol. The van der Waals surface area contributed by atoms with Gasteiger partial charge in [-0.25, -0.2) is 8.42 Å². The Balaban J connectivity index is 2.38. The van der Waals surface area contributed by atoms with E-state index in [1.54, 1.807) is 7.11 Å².